The molecule has 2 heterocycles. The van der Waals surface area contributed by atoms with E-state index in [4.69, 9.17) is 15.3 Å². The van der Waals surface area contributed by atoms with E-state index in [1.165, 1.54) is 29.2 Å². The molecule has 2 amide bonds. The second kappa shape index (κ2) is 10.4. The first-order valence-electron chi connectivity index (χ1n) is 11.0. The fourth-order valence-electron chi connectivity index (χ4n) is 3.40. The number of para-hydroxylation sites is 1. The number of aryl methyl sites for hydroxylation is 1. The molecule has 2 aromatic heterocycles. The van der Waals surface area contributed by atoms with Crippen LogP contribution in [0.2, 0.25) is 0 Å². The number of rotatable bonds is 11. The molecule has 13 heteroatoms. The molecule has 1 aliphatic rings. The summed E-state index contributed by atoms with van der Waals surface area (Å²) >= 11 is 0. The fourth-order valence-corrected chi connectivity index (χ4v) is 3.40. The molecule has 3 aromatic rings. The van der Waals surface area contributed by atoms with Crippen molar-refractivity contribution in [2.24, 2.45) is 5.73 Å². The lowest BCUT2D eigenvalue weighted by molar-refractivity contribution is 0.0939. The van der Waals surface area contributed by atoms with Gasteiger partial charge in [0.1, 0.15) is 24.4 Å². The summed E-state index contributed by atoms with van der Waals surface area (Å²) in [6, 6.07) is 6.63. The number of nitrogens with one attached hydrogen (secondary N) is 1. The normalized spacial score (nSPS) is 12.9. The van der Waals surface area contributed by atoms with Crippen LogP contribution in [-0.2, 0) is 11.4 Å². The molecule has 0 spiro atoms. The molecule has 12 nitrogen and oxygen atoms in total. The Hall–Kier alpha value is -4.13. The monoisotopic (exact) mass is 484 g/mol. The van der Waals surface area contributed by atoms with E-state index < -0.39 is 18.5 Å². The van der Waals surface area contributed by atoms with Gasteiger partial charge in [0.25, 0.3) is 11.8 Å². The third-order valence-corrected chi connectivity index (χ3v) is 5.14. The maximum Gasteiger partial charge on any atom is 0.272 e. The zero-order valence-corrected chi connectivity index (χ0v) is 19.3. The maximum atomic E-state index is 12.7. The van der Waals surface area contributed by atoms with Gasteiger partial charge in [-0.25, -0.2) is 19.1 Å². The molecule has 1 fully saturated rings. The minimum atomic E-state index is -0.854. The molecule has 0 saturated heterocycles. The number of aromatic nitrogens is 5. The number of nitrogens with two attached hydrogens (primary N) is 1. The average molecular weight is 484 g/mol. The van der Waals surface area contributed by atoms with Crippen molar-refractivity contribution in [3.05, 3.63) is 42.0 Å². The van der Waals surface area contributed by atoms with Crippen LogP contribution in [0.4, 0.5) is 15.8 Å². The predicted molar refractivity (Wildman–Crippen MR) is 123 cm³/mol. The van der Waals surface area contributed by atoms with Gasteiger partial charge >= 0.3 is 0 Å². The molecule has 1 saturated carbocycles. The second-order valence-corrected chi connectivity index (χ2v) is 7.67. The largest absolute Gasteiger partial charge is 0.494 e. The van der Waals surface area contributed by atoms with Gasteiger partial charge in [0, 0.05) is 6.04 Å². The van der Waals surface area contributed by atoms with Crippen LogP contribution >= 0.6 is 0 Å². The Morgan fingerprint density at radius 3 is 2.74 bits per heavy atom. The number of ether oxygens (including phenoxy) is 1. The SMILES string of the molecule is CCON(c1cc(C(=O)NC2CC2)nnc1C(N)=O)c1cccc(-c2ncn(CCF)n2)c1OC. The Kier molecular flexibility index (Phi) is 7.15. The molecular weight excluding hydrogens is 459 g/mol. The maximum absolute atomic E-state index is 12.7. The first-order valence-corrected chi connectivity index (χ1v) is 11.0. The summed E-state index contributed by atoms with van der Waals surface area (Å²) in [5, 5.41) is 16.2. The molecule has 35 heavy (non-hydrogen) atoms. The number of carbonyl (C=O) groups is 2. The minimum Gasteiger partial charge on any atom is -0.494 e. The highest BCUT2D eigenvalue weighted by atomic mass is 19.1. The number of benzene rings is 1. The van der Waals surface area contributed by atoms with Crippen LogP contribution in [0.5, 0.6) is 5.75 Å². The third kappa shape index (κ3) is 5.19. The van der Waals surface area contributed by atoms with Crippen molar-refractivity contribution in [2.45, 2.75) is 32.4 Å². The highest BCUT2D eigenvalue weighted by Crippen LogP contribution is 2.41. The van der Waals surface area contributed by atoms with Gasteiger partial charge in [0.15, 0.2) is 23.0 Å². The van der Waals surface area contributed by atoms with E-state index in [0.29, 0.717) is 22.8 Å². The number of amides is 2. The van der Waals surface area contributed by atoms with Gasteiger partial charge in [-0.1, -0.05) is 6.07 Å². The highest BCUT2D eigenvalue weighted by Gasteiger charge is 2.28. The number of halogens is 1. The number of anilines is 2. The lowest BCUT2D eigenvalue weighted by Gasteiger charge is -2.26. The summed E-state index contributed by atoms with van der Waals surface area (Å²) in [6.45, 7) is 1.43. The van der Waals surface area contributed by atoms with Crippen molar-refractivity contribution in [1.82, 2.24) is 30.3 Å². The van der Waals surface area contributed by atoms with Crippen molar-refractivity contribution >= 4 is 23.2 Å². The van der Waals surface area contributed by atoms with Gasteiger partial charge in [-0.05, 0) is 38.0 Å². The molecule has 184 valence electrons. The Morgan fingerprint density at radius 1 is 1.29 bits per heavy atom. The summed E-state index contributed by atoms with van der Waals surface area (Å²) in [4.78, 5) is 34.9. The Bertz CT molecular complexity index is 1230. The van der Waals surface area contributed by atoms with Gasteiger partial charge in [-0.15, -0.1) is 10.2 Å². The van der Waals surface area contributed by atoms with Crippen LogP contribution < -0.4 is 20.9 Å². The third-order valence-electron chi connectivity index (χ3n) is 5.14. The molecular formula is C22H25FN8O4. The number of nitrogens with zero attached hydrogens (tertiary/aromatic N) is 6. The molecule has 0 unspecified atom stereocenters. The van der Waals surface area contributed by atoms with Crippen molar-refractivity contribution in [3.63, 3.8) is 0 Å². The number of primary amides is 1. The Labute approximate surface area is 200 Å². The first-order chi connectivity index (χ1) is 17.0. The van der Waals surface area contributed by atoms with Gasteiger partial charge < -0.3 is 15.8 Å². The Morgan fingerprint density at radius 2 is 2.09 bits per heavy atom. The smallest absolute Gasteiger partial charge is 0.272 e. The van der Waals surface area contributed by atoms with E-state index in [9.17, 15) is 14.0 Å². The van der Waals surface area contributed by atoms with Crippen molar-refractivity contribution in [2.75, 3.05) is 25.5 Å². The van der Waals surface area contributed by atoms with Gasteiger partial charge in [0.2, 0.25) is 0 Å². The molecule has 1 aliphatic carbocycles. The van der Waals surface area contributed by atoms with Gasteiger partial charge in [0.05, 0.1) is 25.8 Å². The molecule has 3 N–H and O–H groups in total. The molecule has 1 aromatic carbocycles. The number of carbonyl (C=O) groups excluding carboxylic acids is 2. The van der Waals surface area contributed by atoms with Crippen molar-refractivity contribution < 1.29 is 23.6 Å². The van der Waals surface area contributed by atoms with Gasteiger partial charge in [-0.3, -0.25) is 14.4 Å². The zero-order valence-electron chi connectivity index (χ0n) is 19.3. The molecule has 0 bridgehead atoms. The van der Waals surface area contributed by atoms with Crippen LogP contribution in [0.15, 0.2) is 30.6 Å². The predicted octanol–water partition coefficient (Wildman–Crippen LogP) is 1.79. The quantitative estimate of drug-likeness (QED) is 0.388. The van der Waals surface area contributed by atoms with E-state index in [1.807, 2.05) is 0 Å². The van der Waals surface area contributed by atoms with Gasteiger partial charge in [-0.2, -0.15) is 5.10 Å². The molecule has 0 aliphatic heterocycles. The van der Waals surface area contributed by atoms with Crippen LogP contribution in [0.1, 0.15) is 40.7 Å². The zero-order chi connectivity index (χ0) is 24.9. The van der Waals surface area contributed by atoms with E-state index >= 15 is 0 Å². The molecule has 0 radical (unpaired) electrons. The number of hydrogen-bond donors (Lipinski definition) is 2. The minimum absolute atomic E-state index is 0.00311. The van der Waals surface area contributed by atoms with E-state index in [2.05, 4.69) is 25.6 Å². The van der Waals surface area contributed by atoms with E-state index in [-0.39, 0.29) is 36.3 Å². The standard InChI is InChI=1S/C22H25FN8O4/c1-3-35-31(17-11-15(22(33)26-13-7-8-13)27-28-18(17)20(24)32)16-6-4-5-14(19(16)34-2)21-25-12-30(29-21)10-9-23/h4-6,11-13H,3,7-10H2,1-2H3,(H2,24,32)(H,26,33). The summed E-state index contributed by atoms with van der Waals surface area (Å²) < 4.78 is 19.8. The first kappa shape index (κ1) is 24.0. The van der Waals surface area contributed by atoms with Crippen LogP contribution in [0.3, 0.4) is 0 Å². The summed E-state index contributed by atoms with van der Waals surface area (Å²) in [5.74, 6) is -0.651. The lowest BCUT2D eigenvalue weighted by Crippen LogP contribution is -2.29. The van der Waals surface area contributed by atoms with Crippen molar-refractivity contribution in [1.29, 1.82) is 0 Å². The summed E-state index contributed by atoms with van der Waals surface area (Å²) in [6.07, 6.45) is 3.22. The van der Waals surface area contributed by atoms with E-state index in [0.717, 1.165) is 12.8 Å². The average Bonchev–Trinajstić information content (AvgIpc) is 3.55. The number of methoxy groups -OCH3 is 1. The number of hydrogen-bond acceptors (Lipinski definition) is 9. The number of alkyl halides is 1. The van der Waals surface area contributed by atoms with E-state index in [1.54, 1.807) is 25.1 Å². The fraction of sp³-hybridized carbons (Fsp3) is 0.364. The molecule has 4 rings (SSSR count). The Balaban J connectivity index is 1.82. The molecule has 0 atom stereocenters. The lowest BCUT2D eigenvalue weighted by atomic mass is 10.1. The topological polar surface area (TPSA) is 150 Å². The summed E-state index contributed by atoms with van der Waals surface area (Å²) in [5.41, 5.74) is 6.35. The summed E-state index contributed by atoms with van der Waals surface area (Å²) in [7, 11) is 1.46. The van der Waals surface area contributed by atoms with Crippen LogP contribution in [-0.4, -0.2) is 63.2 Å². The van der Waals surface area contributed by atoms with Crippen LogP contribution in [0, 0.1) is 0 Å². The highest BCUT2D eigenvalue weighted by molar-refractivity contribution is 6.00. The van der Waals surface area contributed by atoms with Crippen LogP contribution in [0.25, 0.3) is 11.4 Å². The van der Waals surface area contributed by atoms with Crippen molar-refractivity contribution in [3.8, 4) is 17.1 Å². The second-order valence-electron chi connectivity index (χ2n) is 7.67.